The molecule has 3 heteroatoms. The number of carboxylic acid groups (broad SMARTS) is 1. The third kappa shape index (κ3) is 2.25. The molecular formula is C13H16O3. The van der Waals surface area contributed by atoms with E-state index in [2.05, 4.69) is 0 Å². The van der Waals surface area contributed by atoms with Crippen molar-refractivity contribution < 1.29 is 14.6 Å². The Morgan fingerprint density at radius 1 is 1.44 bits per heavy atom. The van der Waals surface area contributed by atoms with E-state index in [9.17, 15) is 4.79 Å². The van der Waals surface area contributed by atoms with Crippen molar-refractivity contribution in [3.05, 3.63) is 35.4 Å². The Kier molecular flexibility index (Phi) is 3.25. The molecule has 1 aromatic carbocycles. The minimum absolute atomic E-state index is 0.203. The number of ether oxygens (including phenoxy) is 1. The maximum Gasteiger partial charge on any atom is 0.310 e. The molecule has 0 bridgehead atoms. The molecule has 1 aliphatic heterocycles. The molecule has 0 amide bonds. The zero-order valence-corrected chi connectivity index (χ0v) is 9.35. The lowest BCUT2D eigenvalue weighted by atomic mass is 9.98. The van der Waals surface area contributed by atoms with Gasteiger partial charge in [-0.1, -0.05) is 24.3 Å². The fourth-order valence-corrected chi connectivity index (χ4v) is 1.98. The van der Waals surface area contributed by atoms with Crippen molar-refractivity contribution in [3.63, 3.8) is 0 Å². The van der Waals surface area contributed by atoms with Gasteiger partial charge in [0.1, 0.15) is 0 Å². The normalized spacial score (nSPS) is 21.9. The van der Waals surface area contributed by atoms with Gasteiger partial charge in [-0.25, -0.2) is 0 Å². The minimum Gasteiger partial charge on any atom is -0.481 e. The summed E-state index contributed by atoms with van der Waals surface area (Å²) >= 11 is 0. The molecular weight excluding hydrogens is 204 g/mol. The first-order valence-corrected chi connectivity index (χ1v) is 5.63. The van der Waals surface area contributed by atoms with E-state index >= 15 is 0 Å². The highest BCUT2D eigenvalue weighted by atomic mass is 16.5. The Morgan fingerprint density at radius 3 is 2.62 bits per heavy atom. The zero-order chi connectivity index (χ0) is 11.5. The average molecular weight is 220 g/mol. The van der Waals surface area contributed by atoms with Crippen molar-refractivity contribution in [3.8, 4) is 0 Å². The molecule has 1 fully saturated rings. The summed E-state index contributed by atoms with van der Waals surface area (Å²) in [5.74, 6) is -1.23. The number of carbonyl (C=O) groups is 1. The monoisotopic (exact) mass is 220 g/mol. The van der Waals surface area contributed by atoms with E-state index in [1.807, 2.05) is 24.3 Å². The van der Waals surface area contributed by atoms with Gasteiger partial charge in [-0.3, -0.25) is 4.79 Å². The standard InChI is InChI=1S/C13H16O3/c1-9(13(14)15)10-4-6-11(7-5-10)12-3-2-8-16-12/h4-7,9,12H,2-3,8H2,1H3,(H,14,15). The summed E-state index contributed by atoms with van der Waals surface area (Å²) in [7, 11) is 0. The highest BCUT2D eigenvalue weighted by Gasteiger charge is 2.18. The Hall–Kier alpha value is -1.35. The molecule has 1 N–H and O–H groups in total. The maximum absolute atomic E-state index is 10.8. The summed E-state index contributed by atoms with van der Waals surface area (Å²) in [5, 5.41) is 8.89. The van der Waals surface area contributed by atoms with Gasteiger partial charge in [0.25, 0.3) is 0 Å². The number of rotatable bonds is 3. The van der Waals surface area contributed by atoms with E-state index in [0.717, 1.165) is 30.6 Å². The molecule has 3 nitrogen and oxygen atoms in total. The Balaban J connectivity index is 2.12. The number of carboxylic acids is 1. The van der Waals surface area contributed by atoms with Gasteiger partial charge in [-0.05, 0) is 30.9 Å². The lowest BCUT2D eigenvalue weighted by Gasteiger charge is -2.11. The molecule has 16 heavy (non-hydrogen) atoms. The fraction of sp³-hybridized carbons (Fsp3) is 0.462. The van der Waals surface area contributed by atoms with E-state index in [4.69, 9.17) is 9.84 Å². The van der Waals surface area contributed by atoms with Gasteiger partial charge in [-0.15, -0.1) is 0 Å². The summed E-state index contributed by atoms with van der Waals surface area (Å²) in [5.41, 5.74) is 1.99. The number of aliphatic carboxylic acids is 1. The Labute approximate surface area is 95.0 Å². The summed E-state index contributed by atoms with van der Waals surface area (Å²) in [6.07, 6.45) is 2.38. The molecule has 1 saturated heterocycles. The Bertz CT molecular complexity index is 363. The second-order valence-corrected chi connectivity index (χ2v) is 4.23. The van der Waals surface area contributed by atoms with E-state index in [1.54, 1.807) is 6.92 Å². The van der Waals surface area contributed by atoms with Crippen molar-refractivity contribution in [1.82, 2.24) is 0 Å². The third-order valence-corrected chi connectivity index (χ3v) is 3.11. The van der Waals surface area contributed by atoms with Crippen LogP contribution in [0, 0.1) is 0 Å². The maximum atomic E-state index is 10.8. The molecule has 0 aromatic heterocycles. The smallest absolute Gasteiger partial charge is 0.310 e. The third-order valence-electron chi connectivity index (χ3n) is 3.11. The van der Waals surface area contributed by atoms with Crippen molar-refractivity contribution in [2.75, 3.05) is 6.61 Å². The van der Waals surface area contributed by atoms with Gasteiger partial charge < -0.3 is 9.84 Å². The quantitative estimate of drug-likeness (QED) is 0.851. The van der Waals surface area contributed by atoms with Crippen LogP contribution in [-0.4, -0.2) is 17.7 Å². The van der Waals surface area contributed by atoms with Gasteiger partial charge in [0.15, 0.2) is 0 Å². The highest BCUT2D eigenvalue weighted by molar-refractivity contribution is 5.75. The molecule has 0 saturated carbocycles. The van der Waals surface area contributed by atoms with Crippen LogP contribution in [0.25, 0.3) is 0 Å². The van der Waals surface area contributed by atoms with Gasteiger partial charge in [0.2, 0.25) is 0 Å². The van der Waals surface area contributed by atoms with Crippen LogP contribution in [-0.2, 0) is 9.53 Å². The first-order valence-electron chi connectivity index (χ1n) is 5.63. The van der Waals surface area contributed by atoms with Crippen LogP contribution in [0.5, 0.6) is 0 Å². The molecule has 0 aliphatic carbocycles. The molecule has 0 spiro atoms. The van der Waals surface area contributed by atoms with E-state index in [1.165, 1.54) is 0 Å². The van der Waals surface area contributed by atoms with Crippen LogP contribution in [0.1, 0.15) is 42.9 Å². The largest absolute Gasteiger partial charge is 0.481 e. The molecule has 86 valence electrons. The lowest BCUT2D eigenvalue weighted by Crippen LogP contribution is -2.07. The number of hydrogen-bond donors (Lipinski definition) is 1. The molecule has 0 radical (unpaired) electrons. The number of hydrogen-bond acceptors (Lipinski definition) is 2. The van der Waals surface area contributed by atoms with Crippen LogP contribution >= 0.6 is 0 Å². The van der Waals surface area contributed by atoms with Crippen molar-refractivity contribution in [2.45, 2.75) is 31.8 Å². The molecule has 2 rings (SSSR count). The summed E-state index contributed by atoms with van der Waals surface area (Å²) < 4.78 is 5.57. The van der Waals surface area contributed by atoms with Gasteiger partial charge >= 0.3 is 5.97 Å². The van der Waals surface area contributed by atoms with E-state index in [-0.39, 0.29) is 6.10 Å². The second kappa shape index (κ2) is 4.66. The number of benzene rings is 1. The predicted molar refractivity (Wildman–Crippen MR) is 60.4 cm³/mol. The van der Waals surface area contributed by atoms with Crippen molar-refractivity contribution in [1.29, 1.82) is 0 Å². The molecule has 1 aliphatic rings. The van der Waals surface area contributed by atoms with Gasteiger partial charge in [0, 0.05) is 6.61 Å². The SMILES string of the molecule is CC(C(=O)O)c1ccc(C2CCCO2)cc1. The van der Waals surface area contributed by atoms with Crippen molar-refractivity contribution in [2.24, 2.45) is 0 Å². The first kappa shape index (κ1) is 11.1. The molecule has 2 unspecified atom stereocenters. The zero-order valence-electron chi connectivity index (χ0n) is 9.35. The molecule has 1 aromatic rings. The van der Waals surface area contributed by atoms with Crippen LogP contribution < -0.4 is 0 Å². The highest BCUT2D eigenvalue weighted by Crippen LogP contribution is 2.29. The van der Waals surface area contributed by atoms with Crippen molar-refractivity contribution >= 4 is 5.97 Å². The molecule has 1 heterocycles. The lowest BCUT2D eigenvalue weighted by molar-refractivity contribution is -0.138. The van der Waals surface area contributed by atoms with Crippen LogP contribution in [0.4, 0.5) is 0 Å². The second-order valence-electron chi connectivity index (χ2n) is 4.23. The van der Waals surface area contributed by atoms with Gasteiger partial charge in [-0.2, -0.15) is 0 Å². The van der Waals surface area contributed by atoms with E-state index in [0.29, 0.717) is 0 Å². The fourth-order valence-electron chi connectivity index (χ4n) is 1.98. The predicted octanol–water partition coefficient (Wildman–Crippen LogP) is 2.73. The Morgan fingerprint density at radius 2 is 2.12 bits per heavy atom. The summed E-state index contributed by atoms with van der Waals surface area (Å²) in [4.78, 5) is 10.8. The minimum atomic E-state index is -0.787. The van der Waals surface area contributed by atoms with Crippen LogP contribution in [0.15, 0.2) is 24.3 Å². The summed E-state index contributed by atoms with van der Waals surface area (Å²) in [6, 6.07) is 7.72. The van der Waals surface area contributed by atoms with Gasteiger partial charge in [0.05, 0.1) is 12.0 Å². The molecule has 2 atom stereocenters. The van der Waals surface area contributed by atoms with E-state index < -0.39 is 11.9 Å². The topological polar surface area (TPSA) is 46.5 Å². The average Bonchev–Trinajstić information content (AvgIpc) is 2.81. The van der Waals surface area contributed by atoms with Crippen LogP contribution in [0.3, 0.4) is 0 Å². The van der Waals surface area contributed by atoms with Crippen LogP contribution in [0.2, 0.25) is 0 Å². The summed E-state index contributed by atoms with van der Waals surface area (Å²) in [6.45, 7) is 2.53. The first-order chi connectivity index (χ1) is 7.68.